The second-order valence-electron chi connectivity index (χ2n) is 4.15. The molecule has 0 aliphatic rings. The maximum Gasteiger partial charge on any atom is 0.150 e. The topological polar surface area (TPSA) is 26.3 Å². The van der Waals surface area contributed by atoms with Crippen LogP contribution in [0.2, 0.25) is 0 Å². The van der Waals surface area contributed by atoms with Gasteiger partial charge in [0.05, 0.1) is 6.61 Å². The minimum absolute atomic E-state index is 0.666. The molecule has 0 aliphatic heterocycles. The van der Waals surface area contributed by atoms with Crippen LogP contribution in [0.1, 0.15) is 22.8 Å². The summed E-state index contributed by atoms with van der Waals surface area (Å²) in [6, 6.07) is 13.6. The molecule has 2 rings (SSSR count). The number of rotatable bonds is 4. The molecule has 2 nitrogen and oxygen atoms in total. The molecule has 0 spiro atoms. The summed E-state index contributed by atoms with van der Waals surface area (Å²) < 4.78 is 5.42. The Bertz CT molecular complexity index is 542. The van der Waals surface area contributed by atoms with E-state index in [1.807, 2.05) is 56.3 Å². The predicted octanol–water partition coefficient (Wildman–Crippen LogP) is 3.87. The number of aryl methyl sites for hydroxylation is 1. The van der Waals surface area contributed by atoms with Gasteiger partial charge in [0, 0.05) is 5.56 Å². The van der Waals surface area contributed by atoms with Crippen molar-refractivity contribution >= 4 is 6.29 Å². The summed E-state index contributed by atoms with van der Waals surface area (Å²) in [5.41, 5.74) is 4.04. The quantitative estimate of drug-likeness (QED) is 0.758. The van der Waals surface area contributed by atoms with Crippen LogP contribution in [0.3, 0.4) is 0 Å². The van der Waals surface area contributed by atoms with E-state index in [0.29, 0.717) is 12.2 Å². The van der Waals surface area contributed by atoms with Crippen molar-refractivity contribution < 1.29 is 9.53 Å². The minimum Gasteiger partial charge on any atom is -0.494 e. The van der Waals surface area contributed by atoms with Crippen LogP contribution < -0.4 is 4.74 Å². The first-order chi connectivity index (χ1) is 8.74. The summed E-state index contributed by atoms with van der Waals surface area (Å²) in [5.74, 6) is 0.866. The number of ether oxygens (including phenoxy) is 1. The molecule has 0 N–H and O–H groups in total. The van der Waals surface area contributed by atoms with Crippen LogP contribution >= 0.6 is 0 Å². The molecule has 0 saturated carbocycles. The number of carbonyl (C=O) groups is 1. The van der Waals surface area contributed by atoms with E-state index in [1.54, 1.807) is 0 Å². The van der Waals surface area contributed by atoms with Crippen molar-refractivity contribution in [3.8, 4) is 16.9 Å². The van der Waals surface area contributed by atoms with Crippen molar-refractivity contribution in [2.24, 2.45) is 0 Å². The molecule has 0 radical (unpaired) electrons. The molecule has 0 fully saturated rings. The van der Waals surface area contributed by atoms with E-state index in [0.717, 1.165) is 28.7 Å². The van der Waals surface area contributed by atoms with Gasteiger partial charge in [-0.15, -0.1) is 0 Å². The van der Waals surface area contributed by atoms with Crippen LogP contribution in [-0.4, -0.2) is 12.9 Å². The largest absolute Gasteiger partial charge is 0.494 e. The Morgan fingerprint density at radius 1 is 1.11 bits per heavy atom. The third-order valence-electron chi connectivity index (χ3n) is 2.87. The van der Waals surface area contributed by atoms with Crippen molar-refractivity contribution in [1.82, 2.24) is 0 Å². The maximum absolute atomic E-state index is 10.8. The molecular weight excluding hydrogens is 224 g/mol. The second-order valence-corrected chi connectivity index (χ2v) is 4.15. The van der Waals surface area contributed by atoms with E-state index in [1.165, 1.54) is 0 Å². The zero-order chi connectivity index (χ0) is 13.0. The van der Waals surface area contributed by atoms with Gasteiger partial charge in [0.1, 0.15) is 12.0 Å². The third kappa shape index (κ3) is 2.59. The van der Waals surface area contributed by atoms with E-state index >= 15 is 0 Å². The molecule has 0 saturated heterocycles. The van der Waals surface area contributed by atoms with Gasteiger partial charge in [0.2, 0.25) is 0 Å². The standard InChI is InChI=1S/C16H16O2/c1-3-18-15-8-6-14(7-9-15)16-10-13(11-17)5-4-12(16)2/h4-11H,3H2,1-2H3. The van der Waals surface area contributed by atoms with E-state index in [2.05, 4.69) is 0 Å². The second kappa shape index (κ2) is 5.50. The van der Waals surface area contributed by atoms with Gasteiger partial charge in [0.15, 0.2) is 0 Å². The van der Waals surface area contributed by atoms with Crippen LogP contribution in [0.25, 0.3) is 11.1 Å². The fourth-order valence-electron chi connectivity index (χ4n) is 1.92. The summed E-state index contributed by atoms with van der Waals surface area (Å²) in [6.45, 7) is 4.67. The predicted molar refractivity (Wildman–Crippen MR) is 73.2 cm³/mol. The van der Waals surface area contributed by atoms with Gasteiger partial charge in [-0.2, -0.15) is 0 Å². The highest BCUT2D eigenvalue weighted by Gasteiger charge is 2.03. The Kier molecular flexibility index (Phi) is 3.78. The number of hydrogen-bond donors (Lipinski definition) is 0. The summed E-state index contributed by atoms with van der Waals surface area (Å²) in [7, 11) is 0. The molecule has 18 heavy (non-hydrogen) atoms. The SMILES string of the molecule is CCOc1ccc(-c2cc(C=O)ccc2C)cc1. The van der Waals surface area contributed by atoms with Gasteiger partial charge in [-0.3, -0.25) is 4.79 Å². The molecule has 0 bridgehead atoms. The lowest BCUT2D eigenvalue weighted by Gasteiger charge is -2.08. The lowest BCUT2D eigenvalue weighted by molar-refractivity contribution is 0.112. The zero-order valence-corrected chi connectivity index (χ0v) is 10.6. The van der Waals surface area contributed by atoms with Crippen molar-refractivity contribution in [1.29, 1.82) is 0 Å². The molecule has 0 heterocycles. The lowest BCUT2D eigenvalue weighted by atomic mass is 9.98. The molecule has 92 valence electrons. The van der Waals surface area contributed by atoms with Crippen molar-refractivity contribution in [2.75, 3.05) is 6.61 Å². The molecule has 0 atom stereocenters. The van der Waals surface area contributed by atoms with Gasteiger partial charge in [-0.1, -0.05) is 24.3 Å². The first-order valence-corrected chi connectivity index (χ1v) is 6.03. The maximum atomic E-state index is 10.8. The Morgan fingerprint density at radius 3 is 2.44 bits per heavy atom. The van der Waals surface area contributed by atoms with Crippen LogP contribution in [-0.2, 0) is 0 Å². The van der Waals surface area contributed by atoms with E-state index < -0.39 is 0 Å². The first-order valence-electron chi connectivity index (χ1n) is 6.03. The Balaban J connectivity index is 2.38. The van der Waals surface area contributed by atoms with E-state index in [-0.39, 0.29) is 0 Å². The molecule has 2 aromatic rings. The summed E-state index contributed by atoms with van der Waals surface area (Å²) >= 11 is 0. The highest BCUT2D eigenvalue weighted by molar-refractivity contribution is 5.80. The molecule has 2 heteroatoms. The summed E-state index contributed by atoms with van der Waals surface area (Å²) in [4.78, 5) is 10.8. The molecule has 0 unspecified atom stereocenters. The number of aldehydes is 1. The number of carbonyl (C=O) groups excluding carboxylic acids is 1. The highest BCUT2D eigenvalue weighted by Crippen LogP contribution is 2.26. The fourth-order valence-corrected chi connectivity index (χ4v) is 1.92. The average Bonchev–Trinajstić information content (AvgIpc) is 2.41. The van der Waals surface area contributed by atoms with Gasteiger partial charge in [-0.05, 0) is 48.7 Å². The lowest BCUT2D eigenvalue weighted by Crippen LogP contribution is -1.91. The van der Waals surface area contributed by atoms with E-state index in [4.69, 9.17) is 4.74 Å². The van der Waals surface area contributed by atoms with Crippen LogP contribution in [0.4, 0.5) is 0 Å². The smallest absolute Gasteiger partial charge is 0.150 e. The van der Waals surface area contributed by atoms with E-state index in [9.17, 15) is 4.79 Å². The van der Waals surface area contributed by atoms with Crippen LogP contribution in [0, 0.1) is 6.92 Å². The van der Waals surface area contributed by atoms with Gasteiger partial charge >= 0.3 is 0 Å². The van der Waals surface area contributed by atoms with Crippen LogP contribution in [0.5, 0.6) is 5.75 Å². The summed E-state index contributed by atoms with van der Waals surface area (Å²) in [6.07, 6.45) is 0.873. The summed E-state index contributed by atoms with van der Waals surface area (Å²) in [5, 5.41) is 0. The highest BCUT2D eigenvalue weighted by atomic mass is 16.5. The molecule has 0 aliphatic carbocycles. The fraction of sp³-hybridized carbons (Fsp3) is 0.188. The number of benzene rings is 2. The average molecular weight is 240 g/mol. The molecule has 0 amide bonds. The Labute approximate surface area is 107 Å². The monoisotopic (exact) mass is 240 g/mol. The van der Waals surface area contributed by atoms with Gasteiger partial charge in [0.25, 0.3) is 0 Å². The molecule has 2 aromatic carbocycles. The van der Waals surface area contributed by atoms with Crippen molar-refractivity contribution in [3.05, 3.63) is 53.6 Å². The van der Waals surface area contributed by atoms with Gasteiger partial charge in [-0.25, -0.2) is 0 Å². The minimum atomic E-state index is 0.666. The first kappa shape index (κ1) is 12.4. The van der Waals surface area contributed by atoms with Crippen molar-refractivity contribution in [2.45, 2.75) is 13.8 Å². The molecule has 0 aromatic heterocycles. The number of hydrogen-bond acceptors (Lipinski definition) is 2. The van der Waals surface area contributed by atoms with Crippen molar-refractivity contribution in [3.63, 3.8) is 0 Å². The Morgan fingerprint density at radius 2 is 1.83 bits per heavy atom. The molecular formula is C16H16O2. The Hall–Kier alpha value is -2.09. The normalized spacial score (nSPS) is 10.1. The van der Waals surface area contributed by atoms with Crippen LogP contribution in [0.15, 0.2) is 42.5 Å². The third-order valence-corrected chi connectivity index (χ3v) is 2.87. The van der Waals surface area contributed by atoms with Gasteiger partial charge < -0.3 is 4.74 Å². The zero-order valence-electron chi connectivity index (χ0n) is 10.6.